The maximum absolute atomic E-state index is 13.5. The first-order chi connectivity index (χ1) is 17.7. The number of aliphatic carboxylic acids is 1. The molecule has 3 rings (SSSR count). The Kier molecular flexibility index (Phi) is 9.39. The average molecular weight is 512 g/mol. The van der Waals surface area contributed by atoms with Crippen molar-refractivity contribution < 1.29 is 24.3 Å². The number of fused-ring (bicyclic) bond motifs is 1. The number of para-hydroxylation sites is 1. The highest BCUT2D eigenvalue weighted by molar-refractivity contribution is 5.94. The lowest BCUT2D eigenvalue weighted by atomic mass is 9.98. The van der Waals surface area contributed by atoms with Gasteiger partial charge in [-0.3, -0.25) is 19.2 Å². The Morgan fingerprint density at radius 1 is 1.03 bits per heavy atom. The number of nitrogens with two attached hydrogens (primary N) is 1. The molecule has 3 amide bonds. The summed E-state index contributed by atoms with van der Waals surface area (Å²) in [4.78, 5) is 60.0. The molecule has 198 valence electrons. The monoisotopic (exact) mass is 511 g/mol. The number of H-pyrrole nitrogens is 2. The van der Waals surface area contributed by atoms with Crippen LogP contribution in [0.3, 0.4) is 0 Å². The van der Waals surface area contributed by atoms with Crippen LogP contribution in [-0.4, -0.2) is 68.4 Å². The summed E-state index contributed by atoms with van der Waals surface area (Å²) >= 11 is 0. The third-order valence-corrected chi connectivity index (χ3v) is 6.32. The Labute approximate surface area is 213 Å². The molecule has 0 spiro atoms. The van der Waals surface area contributed by atoms with Gasteiger partial charge in [0.1, 0.15) is 18.6 Å². The fourth-order valence-electron chi connectivity index (χ4n) is 3.89. The van der Waals surface area contributed by atoms with Gasteiger partial charge in [-0.2, -0.15) is 0 Å². The van der Waals surface area contributed by atoms with Gasteiger partial charge in [-0.25, -0.2) is 4.98 Å². The van der Waals surface area contributed by atoms with Gasteiger partial charge in [-0.05, 0) is 17.5 Å². The van der Waals surface area contributed by atoms with Crippen LogP contribution < -0.4 is 21.7 Å². The van der Waals surface area contributed by atoms with Gasteiger partial charge in [-0.1, -0.05) is 38.5 Å². The summed E-state index contributed by atoms with van der Waals surface area (Å²) in [5, 5.41) is 17.5. The molecule has 0 aliphatic rings. The van der Waals surface area contributed by atoms with Crippen LogP contribution in [0.5, 0.6) is 0 Å². The molecule has 0 radical (unpaired) electrons. The molecule has 4 atom stereocenters. The molecule has 3 aromatic rings. The van der Waals surface area contributed by atoms with E-state index in [4.69, 9.17) is 10.8 Å². The van der Waals surface area contributed by atoms with Crippen molar-refractivity contribution in [2.45, 2.75) is 51.2 Å². The number of aromatic amines is 2. The molecule has 8 N–H and O–H groups in total. The first-order valence-electron chi connectivity index (χ1n) is 12.1. The van der Waals surface area contributed by atoms with Crippen LogP contribution in [0.4, 0.5) is 0 Å². The quantitative estimate of drug-likeness (QED) is 0.170. The number of aromatic nitrogens is 3. The number of carboxylic acid groups (broad SMARTS) is 1. The molecule has 2 aromatic heterocycles. The third kappa shape index (κ3) is 7.40. The van der Waals surface area contributed by atoms with Crippen LogP contribution in [0.1, 0.15) is 31.5 Å². The highest BCUT2D eigenvalue weighted by Gasteiger charge is 2.30. The number of carbonyl (C=O) groups excluding carboxylic acids is 3. The van der Waals surface area contributed by atoms with Gasteiger partial charge < -0.3 is 36.8 Å². The molecule has 2 heterocycles. The maximum atomic E-state index is 13.5. The lowest BCUT2D eigenvalue weighted by Gasteiger charge is -2.25. The van der Waals surface area contributed by atoms with Crippen molar-refractivity contribution in [2.24, 2.45) is 11.7 Å². The van der Waals surface area contributed by atoms with Crippen LogP contribution in [0, 0.1) is 5.92 Å². The van der Waals surface area contributed by atoms with E-state index in [-0.39, 0.29) is 18.8 Å². The minimum Gasteiger partial charge on any atom is -0.480 e. The number of rotatable bonds is 13. The van der Waals surface area contributed by atoms with Gasteiger partial charge >= 0.3 is 5.97 Å². The Bertz CT molecular complexity index is 1220. The summed E-state index contributed by atoms with van der Waals surface area (Å²) < 4.78 is 0. The molecule has 0 aliphatic heterocycles. The summed E-state index contributed by atoms with van der Waals surface area (Å²) in [5.41, 5.74) is 8.35. The zero-order valence-electron chi connectivity index (χ0n) is 20.8. The molecular formula is C25H33N7O5. The molecule has 1 aromatic carbocycles. The van der Waals surface area contributed by atoms with E-state index in [1.807, 2.05) is 38.1 Å². The average Bonchev–Trinajstić information content (AvgIpc) is 3.55. The van der Waals surface area contributed by atoms with E-state index in [1.54, 1.807) is 6.20 Å². The highest BCUT2D eigenvalue weighted by atomic mass is 16.4. The highest BCUT2D eigenvalue weighted by Crippen LogP contribution is 2.19. The minimum atomic E-state index is -1.22. The molecular weight excluding hydrogens is 478 g/mol. The number of nitrogens with one attached hydrogen (secondary N) is 5. The Morgan fingerprint density at radius 3 is 2.41 bits per heavy atom. The van der Waals surface area contributed by atoms with Crippen molar-refractivity contribution >= 4 is 34.6 Å². The first kappa shape index (κ1) is 27.4. The van der Waals surface area contributed by atoms with Gasteiger partial charge in [-0.15, -0.1) is 0 Å². The predicted octanol–water partition coefficient (Wildman–Crippen LogP) is 0.220. The van der Waals surface area contributed by atoms with E-state index in [2.05, 4.69) is 30.9 Å². The van der Waals surface area contributed by atoms with E-state index in [9.17, 15) is 19.2 Å². The van der Waals surface area contributed by atoms with Crippen molar-refractivity contribution in [1.29, 1.82) is 0 Å². The number of carbonyl (C=O) groups is 4. The second-order valence-electron chi connectivity index (χ2n) is 8.99. The topological polar surface area (TPSA) is 195 Å². The summed E-state index contributed by atoms with van der Waals surface area (Å²) in [7, 11) is 0. The zero-order valence-corrected chi connectivity index (χ0v) is 20.8. The van der Waals surface area contributed by atoms with Crippen molar-refractivity contribution in [2.75, 3.05) is 6.54 Å². The molecule has 0 saturated carbocycles. The van der Waals surface area contributed by atoms with Crippen LogP contribution in [0.25, 0.3) is 10.9 Å². The molecule has 12 heteroatoms. The normalized spacial score (nSPS) is 14.4. The predicted molar refractivity (Wildman–Crippen MR) is 136 cm³/mol. The second-order valence-corrected chi connectivity index (χ2v) is 8.99. The van der Waals surface area contributed by atoms with Crippen molar-refractivity contribution in [3.05, 3.63) is 54.2 Å². The van der Waals surface area contributed by atoms with Gasteiger partial charge in [0.2, 0.25) is 17.7 Å². The zero-order chi connectivity index (χ0) is 26.9. The van der Waals surface area contributed by atoms with Crippen molar-refractivity contribution in [3.8, 4) is 0 Å². The van der Waals surface area contributed by atoms with Crippen LogP contribution in [-0.2, 0) is 32.0 Å². The van der Waals surface area contributed by atoms with Gasteiger partial charge in [0.25, 0.3) is 0 Å². The van der Waals surface area contributed by atoms with Crippen LogP contribution in [0.2, 0.25) is 0 Å². The Morgan fingerprint density at radius 2 is 1.73 bits per heavy atom. The summed E-state index contributed by atoms with van der Waals surface area (Å²) in [6.45, 7) is 3.17. The SMILES string of the molecule is CCC(C)C(N)C(=O)NC(Cc1c[nH]c2ccccc12)C(=O)NC(Cc1cnc[nH]1)C(=O)NCC(=O)O. The number of imidazole rings is 1. The molecule has 37 heavy (non-hydrogen) atoms. The van der Waals surface area contributed by atoms with Gasteiger partial charge in [0.15, 0.2) is 0 Å². The second kappa shape index (κ2) is 12.7. The summed E-state index contributed by atoms with van der Waals surface area (Å²) in [6.07, 6.45) is 5.57. The molecule has 0 aliphatic carbocycles. The number of benzene rings is 1. The number of carboxylic acids is 1. The van der Waals surface area contributed by atoms with Crippen molar-refractivity contribution in [3.63, 3.8) is 0 Å². The fraction of sp³-hybridized carbons (Fsp3) is 0.400. The Hall–Kier alpha value is -4.19. The minimum absolute atomic E-state index is 0.0390. The number of hydrogen-bond donors (Lipinski definition) is 7. The lowest BCUT2D eigenvalue weighted by molar-refractivity contribution is -0.138. The van der Waals surface area contributed by atoms with E-state index >= 15 is 0 Å². The fourth-order valence-corrected chi connectivity index (χ4v) is 3.89. The van der Waals surface area contributed by atoms with E-state index < -0.39 is 48.4 Å². The standard InChI is InChI=1S/C25H33N7O5/c1-3-14(2)22(26)25(37)32-19(8-15-10-28-18-7-5-4-6-17(15)18)24(36)31-20(9-16-11-27-13-30-16)23(35)29-12-21(33)34/h4-7,10-11,13-14,19-20,22,28H,3,8-9,12,26H2,1-2H3,(H,27,30)(H,29,35)(H,31,36)(H,32,37)(H,33,34). The maximum Gasteiger partial charge on any atom is 0.322 e. The smallest absolute Gasteiger partial charge is 0.322 e. The van der Waals surface area contributed by atoms with Gasteiger partial charge in [0.05, 0.1) is 12.4 Å². The molecule has 0 fully saturated rings. The van der Waals surface area contributed by atoms with Crippen molar-refractivity contribution in [1.82, 2.24) is 30.9 Å². The molecule has 12 nitrogen and oxygen atoms in total. The van der Waals surface area contributed by atoms with Crippen LogP contribution in [0.15, 0.2) is 43.0 Å². The lowest BCUT2D eigenvalue weighted by Crippen LogP contribution is -2.57. The number of nitrogens with zero attached hydrogens (tertiary/aromatic N) is 1. The van der Waals surface area contributed by atoms with Crippen LogP contribution >= 0.6 is 0 Å². The van der Waals surface area contributed by atoms with E-state index in [1.165, 1.54) is 12.5 Å². The van der Waals surface area contributed by atoms with E-state index in [0.717, 1.165) is 16.5 Å². The number of hydrogen-bond acceptors (Lipinski definition) is 6. The molecule has 0 bridgehead atoms. The number of amides is 3. The summed E-state index contributed by atoms with van der Waals surface area (Å²) in [6, 6.07) is 4.59. The van der Waals surface area contributed by atoms with Gasteiger partial charge in [0, 0.05) is 41.8 Å². The molecule has 0 saturated heterocycles. The third-order valence-electron chi connectivity index (χ3n) is 6.32. The Balaban J connectivity index is 1.84. The summed E-state index contributed by atoms with van der Waals surface area (Å²) in [5.74, 6) is -3.09. The van der Waals surface area contributed by atoms with E-state index in [0.29, 0.717) is 12.1 Å². The largest absolute Gasteiger partial charge is 0.480 e. The molecule has 4 unspecified atom stereocenters. The first-order valence-corrected chi connectivity index (χ1v) is 12.1.